The Balaban J connectivity index is 2.40. The first-order valence-corrected chi connectivity index (χ1v) is 11.8. The highest BCUT2D eigenvalue weighted by molar-refractivity contribution is 7.92. The van der Waals surface area contributed by atoms with Gasteiger partial charge < -0.3 is 10.2 Å². The number of benzene rings is 2. The predicted octanol–water partition coefficient (Wildman–Crippen LogP) is 2.80. The number of carbonyl (C=O) groups excluding carboxylic acids is 2. The molecule has 0 aromatic heterocycles. The Hall–Kier alpha value is -2.65. The monoisotopic (exact) mass is 469 g/mol. The van der Waals surface area contributed by atoms with E-state index in [9.17, 15) is 22.4 Å². The number of rotatable bonds is 9. The number of hydrogen-bond acceptors (Lipinski definition) is 4. The van der Waals surface area contributed by atoms with Crippen molar-refractivity contribution in [3.05, 3.63) is 64.9 Å². The molecule has 2 rings (SSSR count). The van der Waals surface area contributed by atoms with Crippen LogP contribution >= 0.6 is 11.6 Å². The summed E-state index contributed by atoms with van der Waals surface area (Å²) >= 11 is 5.98. The van der Waals surface area contributed by atoms with Crippen LogP contribution in [-0.4, -0.2) is 50.5 Å². The normalized spacial score (nSPS) is 12.2. The Labute approximate surface area is 186 Å². The van der Waals surface area contributed by atoms with Crippen LogP contribution in [0.2, 0.25) is 5.02 Å². The summed E-state index contributed by atoms with van der Waals surface area (Å²) in [4.78, 5) is 26.8. The fourth-order valence-corrected chi connectivity index (χ4v) is 3.99. The molecule has 2 amide bonds. The number of sulfonamides is 1. The van der Waals surface area contributed by atoms with E-state index in [1.165, 1.54) is 37.3 Å². The minimum atomic E-state index is -3.85. The van der Waals surface area contributed by atoms with E-state index >= 15 is 0 Å². The first-order valence-electron chi connectivity index (χ1n) is 9.58. The quantitative estimate of drug-likeness (QED) is 0.611. The zero-order chi connectivity index (χ0) is 23.2. The lowest BCUT2D eigenvalue weighted by Crippen LogP contribution is -2.51. The van der Waals surface area contributed by atoms with E-state index < -0.39 is 40.2 Å². The molecule has 0 radical (unpaired) electrons. The average Bonchev–Trinajstić information content (AvgIpc) is 2.70. The zero-order valence-corrected chi connectivity index (χ0v) is 19.1. The van der Waals surface area contributed by atoms with Crippen LogP contribution in [0.15, 0.2) is 48.5 Å². The number of halogens is 2. The molecule has 0 spiro atoms. The summed E-state index contributed by atoms with van der Waals surface area (Å²) in [6.07, 6.45) is 0.968. The second-order valence-electron chi connectivity index (χ2n) is 6.93. The molecule has 31 heavy (non-hydrogen) atoms. The summed E-state index contributed by atoms with van der Waals surface area (Å²) in [5.41, 5.74) is 0.417. The van der Waals surface area contributed by atoms with Crippen LogP contribution in [-0.2, 0) is 26.2 Å². The maximum atomic E-state index is 14.2. The van der Waals surface area contributed by atoms with E-state index in [0.717, 1.165) is 15.5 Å². The molecule has 0 fully saturated rings. The molecule has 1 N–H and O–H groups in total. The lowest BCUT2D eigenvalue weighted by molar-refractivity contribution is -0.139. The topological polar surface area (TPSA) is 86.8 Å². The highest BCUT2D eigenvalue weighted by atomic mass is 35.5. The maximum absolute atomic E-state index is 14.2. The smallest absolute Gasteiger partial charge is 0.244 e. The summed E-state index contributed by atoms with van der Waals surface area (Å²) in [6.45, 7) is 2.82. The van der Waals surface area contributed by atoms with Gasteiger partial charge in [-0.25, -0.2) is 12.8 Å². The Morgan fingerprint density at radius 3 is 2.42 bits per heavy atom. The number of anilines is 1. The van der Waals surface area contributed by atoms with Crippen LogP contribution in [0.3, 0.4) is 0 Å². The number of hydrogen-bond donors (Lipinski definition) is 1. The van der Waals surface area contributed by atoms with Gasteiger partial charge in [0.05, 0.1) is 11.9 Å². The largest absolute Gasteiger partial charge is 0.355 e. The molecule has 0 unspecified atom stereocenters. The van der Waals surface area contributed by atoms with Crippen molar-refractivity contribution >= 4 is 39.1 Å². The molecular formula is C21H25ClFN3O4S. The third kappa shape index (κ3) is 6.67. The van der Waals surface area contributed by atoms with Crippen molar-refractivity contribution in [2.75, 3.05) is 23.7 Å². The van der Waals surface area contributed by atoms with Gasteiger partial charge in [-0.05, 0) is 38.1 Å². The van der Waals surface area contributed by atoms with Crippen molar-refractivity contribution < 1.29 is 22.4 Å². The van der Waals surface area contributed by atoms with Crippen molar-refractivity contribution in [1.82, 2.24) is 10.2 Å². The molecule has 0 bridgehead atoms. The summed E-state index contributed by atoms with van der Waals surface area (Å²) in [7, 11) is -3.85. The van der Waals surface area contributed by atoms with Gasteiger partial charge in [-0.2, -0.15) is 0 Å². The molecule has 0 saturated carbocycles. The van der Waals surface area contributed by atoms with Gasteiger partial charge >= 0.3 is 0 Å². The Morgan fingerprint density at radius 1 is 1.16 bits per heavy atom. The van der Waals surface area contributed by atoms with Crippen LogP contribution in [0.4, 0.5) is 10.1 Å². The van der Waals surface area contributed by atoms with Crippen LogP contribution in [0, 0.1) is 5.82 Å². The Kier molecular flexibility index (Phi) is 8.41. The molecule has 1 atom stereocenters. The van der Waals surface area contributed by atoms with Crippen LogP contribution in [0.5, 0.6) is 0 Å². The second-order valence-corrected chi connectivity index (χ2v) is 9.28. The molecule has 0 aliphatic carbocycles. The fraction of sp³-hybridized carbons (Fsp3) is 0.333. The molecule has 7 nitrogen and oxygen atoms in total. The van der Waals surface area contributed by atoms with Crippen molar-refractivity contribution in [3.63, 3.8) is 0 Å². The lowest BCUT2D eigenvalue weighted by Gasteiger charge is -2.31. The van der Waals surface area contributed by atoms with Crippen LogP contribution < -0.4 is 9.62 Å². The predicted molar refractivity (Wildman–Crippen MR) is 119 cm³/mol. The molecule has 2 aromatic rings. The number of carbonyl (C=O) groups is 2. The molecule has 0 saturated heterocycles. The van der Waals surface area contributed by atoms with Gasteiger partial charge in [0, 0.05) is 23.7 Å². The molecular weight excluding hydrogens is 445 g/mol. The number of nitrogens with one attached hydrogen (secondary N) is 1. The van der Waals surface area contributed by atoms with E-state index in [0.29, 0.717) is 11.6 Å². The van der Waals surface area contributed by atoms with Crippen LogP contribution in [0.1, 0.15) is 19.4 Å². The molecule has 0 aliphatic heterocycles. The maximum Gasteiger partial charge on any atom is 0.244 e. The second kappa shape index (κ2) is 10.6. The molecule has 10 heteroatoms. The average molecular weight is 470 g/mol. The summed E-state index contributed by atoms with van der Waals surface area (Å²) in [5, 5.41) is 2.93. The summed E-state index contributed by atoms with van der Waals surface area (Å²) in [5.74, 6) is -1.62. The third-order valence-corrected chi connectivity index (χ3v) is 5.97. The summed E-state index contributed by atoms with van der Waals surface area (Å²) in [6, 6.07) is 11.0. The highest BCUT2D eigenvalue weighted by Gasteiger charge is 2.30. The van der Waals surface area contributed by atoms with Crippen molar-refractivity contribution in [2.24, 2.45) is 0 Å². The Bertz CT molecular complexity index is 1050. The van der Waals surface area contributed by atoms with Gasteiger partial charge in [-0.1, -0.05) is 35.9 Å². The first-order chi connectivity index (χ1) is 14.5. The van der Waals surface area contributed by atoms with Crippen molar-refractivity contribution in [1.29, 1.82) is 0 Å². The van der Waals surface area contributed by atoms with Gasteiger partial charge in [0.25, 0.3) is 0 Å². The SMILES string of the molecule is CCNC(=O)[C@@H](C)N(Cc1ccccc1F)C(=O)CN(c1cccc(Cl)c1)S(C)(=O)=O. The minimum absolute atomic E-state index is 0.197. The van der Waals surface area contributed by atoms with Gasteiger partial charge in [0.1, 0.15) is 18.4 Å². The molecule has 168 valence electrons. The van der Waals surface area contributed by atoms with Gasteiger partial charge in [0.2, 0.25) is 21.8 Å². The molecule has 0 heterocycles. The lowest BCUT2D eigenvalue weighted by atomic mass is 10.1. The molecule has 2 aromatic carbocycles. The van der Waals surface area contributed by atoms with Crippen LogP contribution in [0.25, 0.3) is 0 Å². The van der Waals surface area contributed by atoms with E-state index in [4.69, 9.17) is 11.6 Å². The van der Waals surface area contributed by atoms with E-state index in [-0.39, 0.29) is 17.8 Å². The van der Waals surface area contributed by atoms with E-state index in [2.05, 4.69) is 5.32 Å². The fourth-order valence-electron chi connectivity index (χ4n) is 2.96. The van der Waals surface area contributed by atoms with E-state index in [1.807, 2.05) is 0 Å². The zero-order valence-electron chi connectivity index (χ0n) is 17.5. The highest BCUT2D eigenvalue weighted by Crippen LogP contribution is 2.22. The first kappa shape index (κ1) is 24.6. The number of amides is 2. The standard InChI is InChI=1S/C21H25ClFN3O4S/c1-4-24-21(28)15(2)25(13-16-8-5-6-11-19(16)23)20(27)14-26(31(3,29)30)18-10-7-9-17(22)12-18/h5-12,15H,4,13-14H2,1-3H3,(H,24,28)/t15-/m1/s1. The number of nitrogens with zero attached hydrogens (tertiary/aromatic N) is 2. The number of likely N-dealkylation sites (N-methyl/N-ethyl adjacent to an activating group) is 1. The van der Waals surface area contributed by atoms with Gasteiger partial charge in [0.15, 0.2) is 0 Å². The molecule has 0 aliphatic rings. The minimum Gasteiger partial charge on any atom is -0.355 e. The summed E-state index contributed by atoms with van der Waals surface area (Å²) < 4.78 is 39.9. The van der Waals surface area contributed by atoms with Gasteiger partial charge in [-0.15, -0.1) is 0 Å². The van der Waals surface area contributed by atoms with Crippen molar-refractivity contribution in [2.45, 2.75) is 26.4 Å². The van der Waals surface area contributed by atoms with Gasteiger partial charge in [-0.3, -0.25) is 13.9 Å². The van der Waals surface area contributed by atoms with E-state index in [1.54, 1.807) is 25.1 Å². The third-order valence-electron chi connectivity index (χ3n) is 4.59. The van der Waals surface area contributed by atoms with Crippen molar-refractivity contribution in [3.8, 4) is 0 Å². The Morgan fingerprint density at radius 2 is 1.84 bits per heavy atom.